The Hall–Kier alpha value is -1.20. The van der Waals surface area contributed by atoms with E-state index < -0.39 is 0 Å². The molecule has 5 nitrogen and oxygen atoms in total. The third-order valence-electron chi connectivity index (χ3n) is 3.07. The lowest BCUT2D eigenvalue weighted by Gasteiger charge is -2.29. The molecule has 1 aliphatic heterocycles. The third-order valence-corrected chi connectivity index (χ3v) is 3.07. The van der Waals surface area contributed by atoms with E-state index in [-0.39, 0.29) is 5.78 Å². The van der Waals surface area contributed by atoms with E-state index in [9.17, 15) is 4.79 Å². The van der Waals surface area contributed by atoms with Gasteiger partial charge in [0.25, 0.3) is 0 Å². The van der Waals surface area contributed by atoms with Gasteiger partial charge in [-0.15, -0.1) is 0 Å². The van der Waals surface area contributed by atoms with Crippen LogP contribution in [-0.2, 0) is 7.05 Å². The number of ketones is 1. The Balaban J connectivity index is 1.91. The summed E-state index contributed by atoms with van der Waals surface area (Å²) in [5.41, 5.74) is 5.82. The van der Waals surface area contributed by atoms with Crippen molar-refractivity contribution in [3.05, 3.63) is 18.2 Å². The minimum Gasteiger partial charge on any atom is -0.332 e. The highest BCUT2D eigenvalue weighted by Gasteiger charge is 2.20. The lowest BCUT2D eigenvalue weighted by Crippen LogP contribution is -2.42. The Morgan fingerprint density at radius 3 is 2.81 bits per heavy atom. The highest BCUT2D eigenvalue weighted by Crippen LogP contribution is 2.09. The first-order valence-corrected chi connectivity index (χ1v) is 5.65. The molecule has 0 spiro atoms. The zero-order valence-electron chi connectivity index (χ0n) is 9.59. The van der Waals surface area contributed by atoms with Crippen molar-refractivity contribution in [3.63, 3.8) is 0 Å². The van der Waals surface area contributed by atoms with Crippen molar-refractivity contribution in [2.45, 2.75) is 18.9 Å². The van der Waals surface area contributed by atoms with E-state index in [2.05, 4.69) is 9.88 Å². The minimum absolute atomic E-state index is 0.0861. The number of Topliss-reactive ketones (excluding diaryl/α,β-unsaturated/α-hetero) is 1. The molecular weight excluding hydrogens is 204 g/mol. The van der Waals surface area contributed by atoms with Gasteiger partial charge in [-0.3, -0.25) is 9.69 Å². The molecule has 2 N–H and O–H groups in total. The number of rotatable bonds is 3. The molecule has 5 heteroatoms. The van der Waals surface area contributed by atoms with Gasteiger partial charge in [0, 0.05) is 38.6 Å². The maximum absolute atomic E-state index is 11.9. The number of nitrogens with two attached hydrogens (primary N) is 1. The Morgan fingerprint density at radius 1 is 1.56 bits per heavy atom. The van der Waals surface area contributed by atoms with Gasteiger partial charge in [0.05, 0.1) is 6.54 Å². The van der Waals surface area contributed by atoms with Crippen LogP contribution in [0.15, 0.2) is 12.4 Å². The SMILES string of the molecule is Cn1ccnc1C(=O)CN1CCC(N)CC1. The molecule has 0 atom stereocenters. The van der Waals surface area contributed by atoms with Crippen molar-refractivity contribution in [1.82, 2.24) is 14.5 Å². The maximum Gasteiger partial charge on any atom is 0.212 e. The smallest absolute Gasteiger partial charge is 0.212 e. The van der Waals surface area contributed by atoms with Crippen LogP contribution in [0.3, 0.4) is 0 Å². The molecule has 0 aromatic carbocycles. The first-order valence-electron chi connectivity index (χ1n) is 5.65. The maximum atomic E-state index is 11.9. The van der Waals surface area contributed by atoms with Gasteiger partial charge in [-0.2, -0.15) is 0 Å². The van der Waals surface area contributed by atoms with Gasteiger partial charge < -0.3 is 10.3 Å². The van der Waals surface area contributed by atoms with Crippen molar-refractivity contribution in [2.24, 2.45) is 12.8 Å². The minimum atomic E-state index is 0.0861. The van der Waals surface area contributed by atoms with Gasteiger partial charge in [-0.25, -0.2) is 4.98 Å². The molecule has 1 aromatic rings. The number of carbonyl (C=O) groups excluding carboxylic acids is 1. The van der Waals surface area contributed by atoms with E-state index >= 15 is 0 Å². The van der Waals surface area contributed by atoms with Crippen molar-refractivity contribution < 1.29 is 4.79 Å². The molecule has 1 fully saturated rings. The molecule has 2 rings (SSSR count). The monoisotopic (exact) mass is 222 g/mol. The van der Waals surface area contributed by atoms with E-state index in [1.165, 1.54) is 0 Å². The van der Waals surface area contributed by atoms with Crippen LogP contribution in [0.4, 0.5) is 0 Å². The number of aromatic nitrogens is 2. The van der Waals surface area contributed by atoms with Crippen LogP contribution in [0.2, 0.25) is 0 Å². The zero-order chi connectivity index (χ0) is 11.5. The van der Waals surface area contributed by atoms with E-state index in [1.807, 2.05) is 7.05 Å². The topological polar surface area (TPSA) is 64.2 Å². The molecule has 1 aromatic heterocycles. The summed E-state index contributed by atoms with van der Waals surface area (Å²) in [7, 11) is 1.84. The van der Waals surface area contributed by atoms with Crippen LogP contribution in [-0.4, -0.2) is 45.9 Å². The predicted octanol–water partition coefficient (Wildman–Crippen LogP) is 0.0259. The van der Waals surface area contributed by atoms with Crippen LogP contribution >= 0.6 is 0 Å². The Bertz CT molecular complexity index is 366. The number of imidazole rings is 1. The summed E-state index contributed by atoms with van der Waals surface area (Å²) in [4.78, 5) is 18.1. The summed E-state index contributed by atoms with van der Waals surface area (Å²) in [6.07, 6.45) is 5.40. The van der Waals surface area contributed by atoms with Crippen LogP contribution in [0.1, 0.15) is 23.5 Å². The van der Waals surface area contributed by atoms with Crippen molar-refractivity contribution in [1.29, 1.82) is 0 Å². The fraction of sp³-hybridized carbons (Fsp3) is 0.636. The third kappa shape index (κ3) is 2.48. The van der Waals surface area contributed by atoms with Gasteiger partial charge in [0.1, 0.15) is 0 Å². The normalized spacial score (nSPS) is 18.9. The predicted molar refractivity (Wildman–Crippen MR) is 61.2 cm³/mol. The number of piperidine rings is 1. The van der Waals surface area contributed by atoms with Gasteiger partial charge in [0.2, 0.25) is 5.78 Å². The molecule has 2 heterocycles. The molecule has 1 aliphatic rings. The number of nitrogens with zero attached hydrogens (tertiary/aromatic N) is 3. The molecule has 0 aliphatic carbocycles. The van der Waals surface area contributed by atoms with Crippen molar-refractivity contribution >= 4 is 5.78 Å². The number of hydrogen-bond donors (Lipinski definition) is 1. The zero-order valence-corrected chi connectivity index (χ0v) is 9.59. The van der Waals surface area contributed by atoms with Gasteiger partial charge in [0.15, 0.2) is 5.82 Å². The molecule has 0 radical (unpaired) electrons. The summed E-state index contributed by atoms with van der Waals surface area (Å²) >= 11 is 0. The first-order chi connectivity index (χ1) is 7.66. The van der Waals surface area contributed by atoms with Crippen molar-refractivity contribution in [3.8, 4) is 0 Å². The molecule has 1 saturated heterocycles. The highest BCUT2D eigenvalue weighted by molar-refractivity contribution is 5.94. The molecular formula is C11H18N4O. The lowest BCUT2D eigenvalue weighted by molar-refractivity contribution is 0.0896. The average Bonchev–Trinajstić information content (AvgIpc) is 2.68. The fourth-order valence-corrected chi connectivity index (χ4v) is 2.02. The van der Waals surface area contributed by atoms with Crippen LogP contribution in [0.5, 0.6) is 0 Å². The Labute approximate surface area is 95.2 Å². The highest BCUT2D eigenvalue weighted by atomic mass is 16.1. The van der Waals surface area contributed by atoms with Gasteiger partial charge >= 0.3 is 0 Å². The summed E-state index contributed by atoms with van der Waals surface area (Å²) in [5, 5.41) is 0. The number of hydrogen-bond acceptors (Lipinski definition) is 4. The van der Waals surface area contributed by atoms with E-state index in [4.69, 9.17) is 5.73 Å². The summed E-state index contributed by atoms with van der Waals surface area (Å²) in [5.74, 6) is 0.623. The van der Waals surface area contributed by atoms with Crippen LogP contribution in [0, 0.1) is 0 Å². The Kier molecular flexibility index (Phi) is 3.36. The lowest BCUT2D eigenvalue weighted by atomic mass is 10.1. The quantitative estimate of drug-likeness (QED) is 0.733. The van der Waals surface area contributed by atoms with E-state index in [0.29, 0.717) is 18.4 Å². The second-order valence-electron chi connectivity index (χ2n) is 4.40. The van der Waals surface area contributed by atoms with Crippen LogP contribution in [0.25, 0.3) is 0 Å². The molecule has 0 bridgehead atoms. The average molecular weight is 222 g/mol. The standard InChI is InChI=1S/C11H18N4O/c1-14-7-4-13-11(14)10(16)8-15-5-2-9(12)3-6-15/h4,7,9H,2-3,5-6,8,12H2,1H3. The number of likely N-dealkylation sites (tertiary alicyclic amines) is 1. The summed E-state index contributed by atoms with van der Waals surface area (Å²) in [6.45, 7) is 2.28. The number of aryl methyl sites for hydroxylation is 1. The second kappa shape index (κ2) is 4.76. The molecule has 0 saturated carbocycles. The molecule has 88 valence electrons. The van der Waals surface area contributed by atoms with E-state index in [0.717, 1.165) is 25.9 Å². The van der Waals surface area contributed by atoms with Crippen LogP contribution < -0.4 is 5.73 Å². The second-order valence-corrected chi connectivity index (χ2v) is 4.40. The molecule has 0 unspecified atom stereocenters. The van der Waals surface area contributed by atoms with E-state index in [1.54, 1.807) is 17.0 Å². The number of carbonyl (C=O) groups is 1. The van der Waals surface area contributed by atoms with Gasteiger partial charge in [-0.1, -0.05) is 0 Å². The largest absolute Gasteiger partial charge is 0.332 e. The fourth-order valence-electron chi connectivity index (χ4n) is 2.02. The summed E-state index contributed by atoms with van der Waals surface area (Å²) < 4.78 is 1.76. The molecule has 0 amide bonds. The Morgan fingerprint density at radius 2 is 2.25 bits per heavy atom. The molecule has 16 heavy (non-hydrogen) atoms. The summed E-state index contributed by atoms with van der Waals surface area (Å²) in [6, 6.07) is 0.305. The van der Waals surface area contributed by atoms with Crippen molar-refractivity contribution in [2.75, 3.05) is 19.6 Å². The van der Waals surface area contributed by atoms with Gasteiger partial charge in [-0.05, 0) is 12.8 Å². The first kappa shape index (κ1) is 11.3.